The summed E-state index contributed by atoms with van der Waals surface area (Å²) in [6, 6.07) is -0.849. The average Bonchev–Trinajstić information content (AvgIpc) is 2.33. The molecule has 0 aromatic rings. The molecular weight excluding hydrogens is 264 g/mol. The van der Waals surface area contributed by atoms with Crippen molar-refractivity contribution in [1.29, 1.82) is 0 Å². The Kier molecular flexibility index (Phi) is 6.48. The number of carbonyl (C=O) groups excluding carboxylic acids is 1. The molecule has 19 heavy (non-hydrogen) atoms. The third-order valence-corrected chi connectivity index (χ3v) is 4.25. The van der Waals surface area contributed by atoms with Crippen molar-refractivity contribution in [3.05, 3.63) is 0 Å². The molecular formula is C13H24N2O3S. The standard InChI is InChI=1S/C13H24N2O3S/c1-9-4-6-15(10(2)8-9)13(18)14-11(12(16)17)5-7-19-3/h9-11H,4-8H2,1-3H3,(H,14,18)(H,16,17)/t9?,10?,11-/m0/s1. The summed E-state index contributed by atoms with van der Waals surface area (Å²) in [6.07, 6.45) is 4.35. The number of carboxylic acid groups (broad SMARTS) is 1. The van der Waals surface area contributed by atoms with E-state index in [0.717, 1.165) is 18.6 Å². The highest BCUT2D eigenvalue weighted by Crippen LogP contribution is 2.22. The van der Waals surface area contributed by atoms with Crippen LogP contribution in [0.3, 0.4) is 0 Å². The van der Waals surface area contributed by atoms with E-state index in [4.69, 9.17) is 5.11 Å². The zero-order valence-corrected chi connectivity index (χ0v) is 12.7. The second-order valence-corrected chi connectivity index (χ2v) is 6.28. The number of nitrogens with zero attached hydrogens (tertiary/aromatic N) is 1. The number of rotatable bonds is 5. The highest BCUT2D eigenvalue weighted by molar-refractivity contribution is 7.98. The maximum absolute atomic E-state index is 12.1. The van der Waals surface area contributed by atoms with Crippen molar-refractivity contribution >= 4 is 23.8 Å². The molecule has 2 unspecified atom stereocenters. The number of carbonyl (C=O) groups is 2. The third-order valence-electron chi connectivity index (χ3n) is 3.61. The van der Waals surface area contributed by atoms with Crippen LogP contribution in [0.5, 0.6) is 0 Å². The van der Waals surface area contributed by atoms with Crippen LogP contribution in [-0.4, -0.2) is 52.6 Å². The first kappa shape index (κ1) is 16.1. The van der Waals surface area contributed by atoms with E-state index in [1.807, 2.05) is 13.2 Å². The van der Waals surface area contributed by atoms with Crippen molar-refractivity contribution in [1.82, 2.24) is 10.2 Å². The SMILES string of the molecule is CSCC[C@H](NC(=O)N1CCC(C)CC1C)C(=O)O. The lowest BCUT2D eigenvalue weighted by atomic mass is 9.94. The van der Waals surface area contributed by atoms with Crippen LogP contribution in [0.4, 0.5) is 4.79 Å². The molecule has 110 valence electrons. The number of hydrogen-bond acceptors (Lipinski definition) is 3. The molecule has 1 saturated heterocycles. The largest absolute Gasteiger partial charge is 0.480 e. The zero-order valence-electron chi connectivity index (χ0n) is 11.9. The molecule has 3 atom stereocenters. The molecule has 0 aliphatic carbocycles. The van der Waals surface area contributed by atoms with Gasteiger partial charge in [0.1, 0.15) is 6.04 Å². The minimum absolute atomic E-state index is 0.179. The normalized spacial score (nSPS) is 24.9. The maximum atomic E-state index is 12.1. The Labute approximate surface area is 119 Å². The summed E-state index contributed by atoms with van der Waals surface area (Å²) in [5.41, 5.74) is 0. The van der Waals surface area contributed by atoms with Crippen molar-refractivity contribution in [2.45, 2.75) is 45.2 Å². The summed E-state index contributed by atoms with van der Waals surface area (Å²) in [7, 11) is 0. The van der Waals surface area contributed by atoms with Crippen molar-refractivity contribution in [3.63, 3.8) is 0 Å². The maximum Gasteiger partial charge on any atom is 0.326 e. The van der Waals surface area contributed by atoms with E-state index >= 15 is 0 Å². The van der Waals surface area contributed by atoms with Gasteiger partial charge in [-0.25, -0.2) is 9.59 Å². The molecule has 0 radical (unpaired) electrons. The molecule has 2 N–H and O–H groups in total. The summed E-state index contributed by atoms with van der Waals surface area (Å²) in [6.45, 7) is 4.92. The Morgan fingerprint density at radius 2 is 2.16 bits per heavy atom. The van der Waals surface area contributed by atoms with Crippen LogP contribution in [0, 0.1) is 5.92 Å². The lowest BCUT2D eigenvalue weighted by Gasteiger charge is -2.37. The fourth-order valence-electron chi connectivity index (χ4n) is 2.43. The smallest absolute Gasteiger partial charge is 0.326 e. The van der Waals surface area contributed by atoms with Crippen LogP contribution in [0.15, 0.2) is 0 Å². The average molecular weight is 288 g/mol. The summed E-state index contributed by atoms with van der Waals surface area (Å²) < 4.78 is 0. The van der Waals surface area contributed by atoms with Crippen LogP contribution < -0.4 is 5.32 Å². The van der Waals surface area contributed by atoms with Gasteiger partial charge in [0.15, 0.2) is 0 Å². The number of aliphatic carboxylic acids is 1. The van der Waals surface area contributed by atoms with Crippen molar-refractivity contribution in [2.24, 2.45) is 5.92 Å². The minimum atomic E-state index is -0.958. The van der Waals surface area contributed by atoms with E-state index < -0.39 is 12.0 Å². The Morgan fingerprint density at radius 1 is 1.47 bits per heavy atom. The van der Waals surface area contributed by atoms with Crippen LogP contribution in [0.25, 0.3) is 0 Å². The Morgan fingerprint density at radius 3 is 2.68 bits per heavy atom. The first-order chi connectivity index (χ1) is 8.95. The fourth-order valence-corrected chi connectivity index (χ4v) is 2.91. The van der Waals surface area contributed by atoms with Gasteiger partial charge in [-0.1, -0.05) is 6.92 Å². The first-order valence-corrected chi connectivity index (χ1v) is 8.14. The van der Waals surface area contributed by atoms with E-state index in [0.29, 0.717) is 18.9 Å². The second-order valence-electron chi connectivity index (χ2n) is 5.29. The van der Waals surface area contributed by atoms with Gasteiger partial charge in [0.05, 0.1) is 0 Å². The van der Waals surface area contributed by atoms with E-state index in [1.54, 1.807) is 16.7 Å². The van der Waals surface area contributed by atoms with Crippen LogP contribution in [0.2, 0.25) is 0 Å². The van der Waals surface area contributed by atoms with Gasteiger partial charge < -0.3 is 15.3 Å². The van der Waals surface area contributed by atoms with Crippen molar-refractivity contribution in [2.75, 3.05) is 18.6 Å². The molecule has 5 nitrogen and oxygen atoms in total. The molecule has 1 aliphatic rings. The number of urea groups is 1. The Bertz CT molecular complexity index is 325. The van der Waals surface area contributed by atoms with Gasteiger partial charge in [0.2, 0.25) is 0 Å². The number of nitrogens with one attached hydrogen (secondary N) is 1. The van der Waals surface area contributed by atoms with Gasteiger partial charge in [0.25, 0.3) is 0 Å². The Hall–Kier alpha value is -0.910. The molecule has 2 amide bonds. The van der Waals surface area contributed by atoms with Gasteiger partial charge in [-0.3, -0.25) is 0 Å². The highest BCUT2D eigenvalue weighted by Gasteiger charge is 2.29. The van der Waals surface area contributed by atoms with Gasteiger partial charge >= 0.3 is 12.0 Å². The Balaban J connectivity index is 2.53. The van der Waals surface area contributed by atoms with E-state index in [1.165, 1.54) is 0 Å². The van der Waals surface area contributed by atoms with Crippen molar-refractivity contribution < 1.29 is 14.7 Å². The van der Waals surface area contributed by atoms with E-state index in [9.17, 15) is 9.59 Å². The van der Waals surface area contributed by atoms with Crippen molar-refractivity contribution in [3.8, 4) is 0 Å². The highest BCUT2D eigenvalue weighted by atomic mass is 32.2. The van der Waals surface area contributed by atoms with E-state index in [2.05, 4.69) is 12.2 Å². The lowest BCUT2D eigenvalue weighted by Crippen LogP contribution is -2.53. The minimum Gasteiger partial charge on any atom is -0.480 e. The molecule has 1 fully saturated rings. The number of hydrogen-bond donors (Lipinski definition) is 2. The summed E-state index contributed by atoms with van der Waals surface area (Å²) >= 11 is 1.58. The quantitative estimate of drug-likeness (QED) is 0.812. The fraction of sp³-hybridized carbons (Fsp3) is 0.846. The third kappa shape index (κ3) is 4.93. The molecule has 0 aromatic carbocycles. The predicted molar refractivity (Wildman–Crippen MR) is 77.5 cm³/mol. The van der Waals surface area contributed by atoms with Gasteiger partial charge in [-0.05, 0) is 44.1 Å². The number of likely N-dealkylation sites (tertiary alicyclic amines) is 1. The van der Waals surface area contributed by atoms with Gasteiger partial charge in [0, 0.05) is 12.6 Å². The predicted octanol–water partition coefficient (Wildman–Crippen LogP) is 2.02. The topological polar surface area (TPSA) is 69.6 Å². The number of carboxylic acids is 1. The molecule has 1 aliphatic heterocycles. The van der Waals surface area contributed by atoms with Gasteiger partial charge in [-0.2, -0.15) is 11.8 Å². The van der Waals surface area contributed by atoms with E-state index in [-0.39, 0.29) is 12.1 Å². The molecule has 0 aromatic heterocycles. The van der Waals surface area contributed by atoms with Crippen LogP contribution in [0.1, 0.15) is 33.1 Å². The molecule has 1 heterocycles. The molecule has 6 heteroatoms. The molecule has 0 bridgehead atoms. The monoisotopic (exact) mass is 288 g/mol. The zero-order chi connectivity index (χ0) is 14.4. The molecule has 1 rings (SSSR count). The first-order valence-electron chi connectivity index (χ1n) is 6.74. The van der Waals surface area contributed by atoms with Crippen LogP contribution >= 0.6 is 11.8 Å². The summed E-state index contributed by atoms with van der Waals surface area (Å²) in [5, 5.41) is 11.8. The van der Waals surface area contributed by atoms with Crippen LogP contribution in [-0.2, 0) is 4.79 Å². The number of piperidine rings is 1. The lowest BCUT2D eigenvalue weighted by molar-refractivity contribution is -0.139. The molecule has 0 saturated carbocycles. The molecule has 0 spiro atoms. The van der Waals surface area contributed by atoms with Gasteiger partial charge in [-0.15, -0.1) is 0 Å². The second kappa shape index (κ2) is 7.62. The number of amides is 2. The summed E-state index contributed by atoms with van der Waals surface area (Å²) in [5.74, 6) is 0.398. The summed E-state index contributed by atoms with van der Waals surface area (Å²) in [4.78, 5) is 25.0. The number of thioether (sulfide) groups is 1.